The normalized spacial score (nSPS) is 18.9. The van der Waals surface area contributed by atoms with E-state index in [0.29, 0.717) is 5.92 Å². The Morgan fingerprint density at radius 3 is 2.35 bits per heavy atom. The van der Waals surface area contributed by atoms with Crippen molar-refractivity contribution in [2.75, 3.05) is 5.01 Å². The van der Waals surface area contributed by atoms with Crippen LogP contribution in [0.15, 0.2) is 76.5 Å². The van der Waals surface area contributed by atoms with Crippen molar-refractivity contribution in [1.29, 1.82) is 0 Å². The number of benzene rings is 2. The van der Waals surface area contributed by atoms with Crippen LogP contribution in [0.3, 0.4) is 0 Å². The van der Waals surface area contributed by atoms with Gasteiger partial charge in [-0.1, -0.05) is 61.7 Å². The Hall–Kier alpha value is -2.83. The predicted molar refractivity (Wildman–Crippen MR) is 140 cm³/mol. The van der Waals surface area contributed by atoms with Gasteiger partial charge in [-0.05, 0) is 53.5 Å². The molecule has 0 radical (unpaired) electrons. The summed E-state index contributed by atoms with van der Waals surface area (Å²) < 4.78 is 13.6. The molecule has 1 fully saturated rings. The molecule has 6 rings (SSSR count). The van der Waals surface area contributed by atoms with Gasteiger partial charge in [-0.15, -0.1) is 22.7 Å². The largest absolute Gasteiger partial charge is 0.231 e. The van der Waals surface area contributed by atoms with Crippen LogP contribution in [-0.2, 0) is 0 Å². The molecule has 172 valence electrons. The number of hydrazone groups is 1. The summed E-state index contributed by atoms with van der Waals surface area (Å²) in [4.78, 5) is 6.15. The molecule has 2 aromatic carbocycles. The first kappa shape index (κ1) is 21.7. The van der Waals surface area contributed by atoms with E-state index >= 15 is 0 Å². The highest BCUT2D eigenvalue weighted by atomic mass is 32.1. The fourth-order valence-electron chi connectivity index (χ4n) is 5.09. The number of thiophene rings is 1. The van der Waals surface area contributed by atoms with E-state index in [1.54, 1.807) is 22.7 Å². The Labute approximate surface area is 207 Å². The van der Waals surface area contributed by atoms with Crippen molar-refractivity contribution >= 4 is 33.5 Å². The lowest BCUT2D eigenvalue weighted by molar-refractivity contribution is 0.443. The van der Waals surface area contributed by atoms with E-state index in [1.807, 2.05) is 17.1 Å². The molecular weight excluding hydrogens is 461 g/mol. The summed E-state index contributed by atoms with van der Waals surface area (Å²) in [6.45, 7) is 0. The highest BCUT2D eigenvalue weighted by Gasteiger charge is 2.32. The molecule has 1 aliphatic heterocycles. The highest BCUT2D eigenvalue weighted by Crippen LogP contribution is 2.40. The highest BCUT2D eigenvalue weighted by molar-refractivity contribution is 7.14. The molecule has 1 saturated carbocycles. The van der Waals surface area contributed by atoms with Gasteiger partial charge >= 0.3 is 0 Å². The number of halogens is 1. The van der Waals surface area contributed by atoms with Crippen molar-refractivity contribution < 1.29 is 4.39 Å². The molecule has 2 aliphatic rings. The zero-order valence-corrected chi connectivity index (χ0v) is 20.5. The first-order valence-corrected chi connectivity index (χ1v) is 13.7. The van der Waals surface area contributed by atoms with Crippen LogP contribution >= 0.6 is 22.7 Å². The monoisotopic (exact) mass is 487 g/mol. The number of rotatable bonds is 5. The summed E-state index contributed by atoms with van der Waals surface area (Å²) in [5.74, 6) is 0.487. The lowest BCUT2D eigenvalue weighted by Crippen LogP contribution is -2.18. The number of hydrogen-bond acceptors (Lipinski definition) is 5. The molecule has 2 aromatic heterocycles. The van der Waals surface area contributed by atoms with Crippen molar-refractivity contribution in [3.8, 4) is 11.3 Å². The molecule has 34 heavy (non-hydrogen) atoms. The van der Waals surface area contributed by atoms with Gasteiger partial charge in [-0.3, -0.25) is 0 Å². The third-order valence-corrected chi connectivity index (χ3v) is 8.69. The maximum atomic E-state index is 13.6. The van der Waals surface area contributed by atoms with Gasteiger partial charge in [0.1, 0.15) is 5.82 Å². The molecule has 3 heterocycles. The van der Waals surface area contributed by atoms with Gasteiger partial charge in [0.15, 0.2) is 0 Å². The average Bonchev–Trinajstić information content (AvgIpc) is 3.66. The van der Waals surface area contributed by atoms with E-state index in [0.717, 1.165) is 34.1 Å². The van der Waals surface area contributed by atoms with Crippen LogP contribution in [0.25, 0.3) is 11.3 Å². The lowest BCUT2D eigenvalue weighted by atomic mass is 9.84. The Kier molecular flexibility index (Phi) is 6.02. The van der Waals surface area contributed by atoms with Crippen LogP contribution < -0.4 is 5.01 Å². The van der Waals surface area contributed by atoms with Gasteiger partial charge < -0.3 is 0 Å². The maximum absolute atomic E-state index is 13.6. The standard InChI is InChI=1S/C28H26FN3S2/c29-23-14-12-22(13-15-23)26-17-24(27-7-4-16-33-27)31-32(26)28-30-25(18-34-28)21-10-8-20(9-11-21)19-5-2-1-3-6-19/h4,7-16,18-19,26H,1-3,5-6,17H2/t26-/m1/s1. The number of nitrogens with zero attached hydrogens (tertiary/aromatic N) is 3. The zero-order valence-electron chi connectivity index (χ0n) is 18.9. The van der Waals surface area contributed by atoms with E-state index in [9.17, 15) is 4.39 Å². The number of anilines is 1. The molecule has 0 N–H and O–H groups in total. The van der Waals surface area contributed by atoms with Gasteiger partial charge in [0.25, 0.3) is 0 Å². The molecule has 3 nitrogen and oxygen atoms in total. The van der Waals surface area contributed by atoms with Crippen LogP contribution in [0.1, 0.15) is 66.5 Å². The molecule has 0 bridgehead atoms. The van der Waals surface area contributed by atoms with E-state index < -0.39 is 0 Å². The molecule has 6 heteroatoms. The first-order valence-electron chi connectivity index (χ1n) is 12.0. The van der Waals surface area contributed by atoms with Crippen molar-refractivity contribution in [2.24, 2.45) is 5.10 Å². The number of hydrogen-bond donors (Lipinski definition) is 0. The third kappa shape index (κ3) is 4.32. The molecule has 0 spiro atoms. The molecule has 4 aromatic rings. The summed E-state index contributed by atoms with van der Waals surface area (Å²) in [5.41, 5.74) is 5.68. The second kappa shape index (κ2) is 9.43. The van der Waals surface area contributed by atoms with E-state index in [-0.39, 0.29) is 11.9 Å². The molecule has 1 atom stereocenters. The minimum absolute atomic E-state index is 0.00498. The zero-order chi connectivity index (χ0) is 22.9. The predicted octanol–water partition coefficient (Wildman–Crippen LogP) is 8.41. The second-order valence-electron chi connectivity index (χ2n) is 9.11. The van der Waals surface area contributed by atoms with Gasteiger partial charge in [0.05, 0.1) is 22.3 Å². The quantitative estimate of drug-likeness (QED) is 0.283. The average molecular weight is 488 g/mol. The van der Waals surface area contributed by atoms with Crippen molar-refractivity contribution in [1.82, 2.24) is 4.98 Å². The molecule has 1 aliphatic carbocycles. The minimum Gasteiger partial charge on any atom is -0.231 e. The fraction of sp³-hybridized carbons (Fsp3) is 0.286. The topological polar surface area (TPSA) is 28.5 Å². The summed E-state index contributed by atoms with van der Waals surface area (Å²) in [5, 5.41) is 12.1. The Balaban J connectivity index is 1.28. The van der Waals surface area contributed by atoms with Crippen LogP contribution in [0.2, 0.25) is 0 Å². The molecule has 0 saturated heterocycles. The number of aromatic nitrogens is 1. The molecular formula is C28H26FN3S2. The lowest BCUT2D eigenvalue weighted by Gasteiger charge is -2.22. The SMILES string of the molecule is Fc1ccc([C@H]2CC(c3cccs3)=NN2c2nc(-c3ccc(C4CCCCC4)cc3)cs2)cc1. The smallest absolute Gasteiger partial charge is 0.207 e. The van der Waals surface area contributed by atoms with Crippen molar-refractivity contribution in [3.05, 3.63) is 93.2 Å². The second-order valence-corrected chi connectivity index (χ2v) is 10.9. The maximum Gasteiger partial charge on any atom is 0.207 e. The fourth-order valence-corrected chi connectivity index (χ4v) is 6.64. The van der Waals surface area contributed by atoms with E-state index in [2.05, 4.69) is 47.2 Å². The minimum atomic E-state index is -0.221. The van der Waals surface area contributed by atoms with Gasteiger partial charge in [-0.25, -0.2) is 14.4 Å². The Morgan fingerprint density at radius 2 is 1.62 bits per heavy atom. The van der Waals surface area contributed by atoms with Crippen LogP contribution in [-0.4, -0.2) is 10.7 Å². The van der Waals surface area contributed by atoms with E-state index in [4.69, 9.17) is 10.1 Å². The van der Waals surface area contributed by atoms with Crippen LogP contribution in [0.5, 0.6) is 0 Å². The van der Waals surface area contributed by atoms with Crippen LogP contribution in [0.4, 0.5) is 9.52 Å². The van der Waals surface area contributed by atoms with Crippen molar-refractivity contribution in [2.45, 2.75) is 50.5 Å². The van der Waals surface area contributed by atoms with Gasteiger partial charge in [-0.2, -0.15) is 5.10 Å². The van der Waals surface area contributed by atoms with Crippen LogP contribution in [0, 0.1) is 5.82 Å². The van der Waals surface area contributed by atoms with Crippen molar-refractivity contribution in [3.63, 3.8) is 0 Å². The summed E-state index contributed by atoms with van der Waals surface area (Å²) in [6, 6.07) is 19.9. The Morgan fingerprint density at radius 1 is 0.853 bits per heavy atom. The summed E-state index contributed by atoms with van der Waals surface area (Å²) in [7, 11) is 0. The Bertz CT molecular complexity index is 1270. The van der Waals surface area contributed by atoms with Gasteiger partial charge in [0, 0.05) is 17.4 Å². The molecule has 0 amide bonds. The summed E-state index contributed by atoms with van der Waals surface area (Å²) >= 11 is 3.31. The summed E-state index contributed by atoms with van der Waals surface area (Å²) in [6.07, 6.45) is 7.47. The van der Waals surface area contributed by atoms with Gasteiger partial charge in [0.2, 0.25) is 5.13 Å². The third-order valence-electron chi connectivity index (χ3n) is 6.94. The molecule has 0 unspecified atom stereocenters. The number of thiazole rings is 1. The van der Waals surface area contributed by atoms with E-state index in [1.165, 1.54) is 54.7 Å². The first-order chi connectivity index (χ1) is 16.7.